The number of carbonyl (C=O) groups excluding carboxylic acids is 3. The first-order valence-corrected chi connectivity index (χ1v) is 14.2. The number of amides is 3. The SMILES string of the molecule is CCOc1cc(/C=C2\SC(=O)N(Cc3ccccc3Cl)C2=O)cc(Br)c1OCC(=O)Nc1ccc(C)c(Cl)c1. The molecule has 4 rings (SSSR count). The van der Waals surface area contributed by atoms with E-state index in [4.69, 9.17) is 32.7 Å². The lowest BCUT2D eigenvalue weighted by Crippen LogP contribution is -2.27. The molecule has 1 aliphatic heterocycles. The van der Waals surface area contributed by atoms with Gasteiger partial charge in [-0.1, -0.05) is 47.5 Å². The topological polar surface area (TPSA) is 84.9 Å². The number of imide groups is 1. The fourth-order valence-electron chi connectivity index (χ4n) is 3.66. The number of rotatable bonds is 9. The van der Waals surface area contributed by atoms with Crippen LogP contribution in [0, 0.1) is 6.92 Å². The number of nitrogens with zero attached hydrogens (tertiary/aromatic N) is 1. The van der Waals surface area contributed by atoms with Gasteiger partial charge in [-0.15, -0.1) is 0 Å². The Hall–Kier alpha value is -2.98. The van der Waals surface area contributed by atoms with Gasteiger partial charge in [0.15, 0.2) is 18.1 Å². The summed E-state index contributed by atoms with van der Waals surface area (Å²) in [5.74, 6) is -0.0785. The fourth-order valence-corrected chi connectivity index (χ4v) is 5.45. The monoisotopic (exact) mass is 648 g/mol. The van der Waals surface area contributed by atoms with E-state index >= 15 is 0 Å². The first kappa shape index (κ1) is 29.0. The average molecular weight is 650 g/mol. The Morgan fingerprint density at radius 1 is 1.08 bits per heavy atom. The van der Waals surface area contributed by atoms with Gasteiger partial charge in [-0.05, 0) is 94.6 Å². The van der Waals surface area contributed by atoms with Crippen LogP contribution in [0.4, 0.5) is 10.5 Å². The molecule has 0 unspecified atom stereocenters. The predicted octanol–water partition coefficient (Wildman–Crippen LogP) is 7.72. The molecule has 11 heteroatoms. The van der Waals surface area contributed by atoms with Gasteiger partial charge in [0, 0.05) is 15.7 Å². The largest absolute Gasteiger partial charge is 0.490 e. The molecule has 1 fully saturated rings. The number of thioether (sulfide) groups is 1. The number of ether oxygens (including phenoxy) is 2. The molecule has 202 valence electrons. The van der Waals surface area contributed by atoms with E-state index in [0.29, 0.717) is 49.4 Å². The van der Waals surface area contributed by atoms with Gasteiger partial charge in [0.05, 0.1) is 22.5 Å². The molecule has 0 atom stereocenters. The van der Waals surface area contributed by atoms with Crippen molar-refractivity contribution in [1.29, 1.82) is 0 Å². The molecule has 7 nitrogen and oxygen atoms in total. The molecule has 3 aromatic carbocycles. The second-order valence-electron chi connectivity index (χ2n) is 8.42. The second-order valence-corrected chi connectivity index (χ2v) is 11.1. The molecular weight excluding hydrogens is 627 g/mol. The van der Waals surface area contributed by atoms with Crippen LogP contribution in [0.3, 0.4) is 0 Å². The summed E-state index contributed by atoms with van der Waals surface area (Å²) < 4.78 is 12.0. The van der Waals surface area contributed by atoms with Crippen molar-refractivity contribution in [2.45, 2.75) is 20.4 Å². The highest BCUT2D eigenvalue weighted by Gasteiger charge is 2.35. The first-order chi connectivity index (χ1) is 18.7. The standard InChI is InChI=1S/C28H23BrCl2N2O5S/c1-3-37-23-11-17(12-24-27(35)33(28(36)39-24)14-18-6-4-5-7-21(18)30)10-20(29)26(23)38-15-25(34)32-19-9-8-16(2)22(31)13-19/h4-13H,3,14-15H2,1-2H3,(H,32,34)/b24-12-. The van der Waals surface area contributed by atoms with Crippen LogP contribution in [0.15, 0.2) is 64.0 Å². The van der Waals surface area contributed by atoms with Crippen molar-refractivity contribution in [3.8, 4) is 11.5 Å². The Morgan fingerprint density at radius 2 is 1.85 bits per heavy atom. The number of benzene rings is 3. The molecule has 39 heavy (non-hydrogen) atoms. The number of anilines is 1. The van der Waals surface area contributed by atoms with Gasteiger partial charge in [-0.2, -0.15) is 0 Å². The molecular formula is C28H23BrCl2N2O5S. The number of aryl methyl sites for hydroxylation is 1. The van der Waals surface area contributed by atoms with Crippen molar-refractivity contribution in [2.24, 2.45) is 0 Å². The maximum Gasteiger partial charge on any atom is 0.293 e. The Balaban J connectivity index is 1.49. The molecule has 1 heterocycles. The predicted molar refractivity (Wildman–Crippen MR) is 159 cm³/mol. The highest BCUT2D eigenvalue weighted by atomic mass is 79.9. The Labute approximate surface area is 248 Å². The van der Waals surface area contributed by atoms with Crippen LogP contribution in [-0.4, -0.2) is 35.2 Å². The van der Waals surface area contributed by atoms with Crippen LogP contribution in [0.1, 0.15) is 23.6 Å². The third-order valence-corrected chi connectivity index (χ3v) is 7.86. The van der Waals surface area contributed by atoms with Crippen molar-refractivity contribution in [2.75, 3.05) is 18.5 Å². The van der Waals surface area contributed by atoms with Gasteiger partial charge in [0.2, 0.25) is 0 Å². The summed E-state index contributed by atoms with van der Waals surface area (Å²) >= 11 is 16.7. The fraction of sp³-hybridized carbons (Fsp3) is 0.179. The summed E-state index contributed by atoms with van der Waals surface area (Å²) in [6.07, 6.45) is 1.61. The quantitative estimate of drug-likeness (QED) is 0.239. The van der Waals surface area contributed by atoms with E-state index in [1.54, 1.807) is 54.6 Å². The van der Waals surface area contributed by atoms with E-state index in [1.165, 1.54) is 0 Å². The minimum absolute atomic E-state index is 0.0825. The zero-order valence-corrected chi connectivity index (χ0v) is 24.8. The maximum atomic E-state index is 13.0. The molecule has 1 saturated heterocycles. The van der Waals surface area contributed by atoms with Gasteiger partial charge >= 0.3 is 0 Å². The molecule has 0 aliphatic carbocycles. The van der Waals surface area contributed by atoms with Gasteiger partial charge in [-0.25, -0.2) is 0 Å². The van der Waals surface area contributed by atoms with Crippen LogP contribution in [0.2, 0.25) is 10.0 Å². The molecule has 1 N–H and O–H groups in total. The highest BCUT2D eigenvalue weighted by molar-refractivity contribution is 9.10. The van der Waals surface area contributed by atoms with Crippen LogP contribution in [0.5, 0.6) is 11.5 Å². The second kappa shape index (κ2) is 12.9. The lowest BCUT2D eigenvalue weighted by atomic mass is 10.1. The smallest absolute Gasteiger partial charge is 0.293 e. The lowest BCUT2D eigenvalue weighted by Gasteiger charge is -2.15. The third kappa shape index (κ3) is 7.16. The summed E-state index contributed by atoms with van der Waals surface area (Å²) in [6.45, 7) is 3.84. The average Bonchev–Trinajstić information content (AvgIpc) is 3.14. The molecule has 0 saturated carbocycles. The van der Waals surface area contributed by atoms with Crippen molar-refractivity contribution in [3.63, 3.8) is 0 Å². The zero-order chi connectivity index (χ0) is 28.1. The van der Waals surface area contributed by atoms with Gasteiger partial charge in [-0.3, -0.25) is 19.3 Å². The van der Waals surface area contributed by atoms with Gasteiger partial charge < -0.3 is 14.8 Å². The van der Waals surface area contributed by atoms with E-state index in [9.17, 15) is 14.4 Å². The molecule has 3 aromatic rings. The molecule has 0 radical (unpaired) electrons. The number of halogens is 3. The zero-order valence-electron chi connectivity index (χ0n) is 20.9. The number of nitrogens with one attached hydrogen (secondary N) is 1. The molecule has 0 aromatic heterocycles. The minimum Gasteiger partial charge on any atom is -0.490 e. The Bertz CT molecular complexity index is 1480. The molecule has 1 aliphatic rings. The van der Waals surface area contributed by atoms with Crippen LogP contribution >= 0.6 is 50.9 Å². The van der Waals surface area contributed by atoms with Crippen LogP contribution in [-0.2, 0) is 16.1 Å². The number of carbonyl (C=O) groups is 3. The number of hydrogen-bond acceptors (Lipinski definition) is 6. The van der Waals surface area contributed by atoms with Gasteiger partial charge in [0.1, 0.15) is 0 Å². The van der Waals surface area contributed by atoms with E-state index in [1.807, 2.05) is 19.9 Å². The Kier molecular flexibility index (Phi) is 9.61. The Morgan fingerprint density at radius 3 is 2.56 bits per heavy atom. The number of hydrogen-bond donors (Lipinski definition) is 1. The van der Waals surface area contributed by atoms with Gasteiger partial charge in [0.25, 0.3) is 17.1 Å². The maximum absolute atomic E-state index is 13.0. The van der Waals surface area contributed by atoms with Crippen LogP contribution < -0.4 is 14.8 Å². The van der Waals surface area contributed by atoms with E-state index in [0.717, 1.165) is 22.2 Å². The molecule has 0 spiro atoms. The third-order valence-electron chi connectivity index (χ3n) is 5.59. The molecule has 3 amide bonds. The van der Waals surface area contributed by atoms with Crippen molar-refractivity contribution in [3.05, 3.63) is 90.7 Å². The minimum atomic E-state index is -0.410. The molecule has 0 bridgehead atoms. The van der Waals surface area contributed by atoms with E-state index < -0.39 is 5.91 Å². The normalized spacial score (nSPS) is 14.2. The van der Waals surface area contributed by atoms with Crippen molar-refractivity contribution in [1.82, 2.24) is 4.90 Å². The first-order valence-electron chi connectivity index (χ1n) is 11.8. The lowest BCUT2D eigenvalue weighted by molar-refractivity contribution is -0.123. The summed E-state index contributed by atoms with van der Waals surface area (Å²) in [7, 11) is 0. The van der Waals surface area contributed by atoms with E-state index in [-0.39, 0.29) is 29.2 Å². The summed E-state index contributed by atoms with van der Waals surface area (Å²) in [5.41, 5.74) is 2.75. The van der Waals surface area contributed by atoms with Crippen LogP contribution in [0.25, 0.3) is 6.08 Å². The van der Waals surface area contributed by atoms with Crippen molar-refractivity contribution >= 4 is 79.7 Å². The summed E-state index contributed by atoms with van der Waals surface area (Å²) in [5, 5.41) is 3.40. The summed E-state index contributed by atoms with van der Waals surface area (Å²) in [4.78, 5) is 39.5. The van der Waals surface area contributed by atoms with Crippen molar-refractivity contribution < 1.29 is 23.9 Å². The summed E-state index contributed by atoms with van der Waals surface area (Å²) in [6, 6.07) is 15.7. The van der Waals surface area contributed by atoms with E-state index in [2.05, 4.69) is 21.2 Å². The highest BCUT2D eigenvalue weighted by Crippen LogP contribution is 2.40.